The van der Waals surface area contributed by atoms with Gasteiger partial charge in [-0.05, 0) is 30.4 Å². The first-order chi connectivity index (χ1) is 12.1. The second kappa shape index (κ2) is 7.28. The molecular formula is C21H25NO4. The fourth-order valence-electron chi connectivity index (χ4n) is 2.98. The summed E-state index contributed by atoms with van der Waals surface area (Å²) in [4.78, 5) is 29.2. The first-order valence-corrected chi connectivity index (χ1v) is 8.40. The van der Waals surface area contributed by atoms with Crippen LogP contribution in [0.25, 0.3) is 11.1 Å². The van der Waals surface area contributed by atoms with Gasteiger partial charge in [-0.3, -0.25) is 4.98 Å². The van der Waals surface area contributed by atoms with Gasteiger partial charge in [-0.25, -0.2) is 9.59 Å². The first-order valence-electron chi connectivity index (χ1n) is 8.40. The Morgan fingerprint density at radius 1 is 0.846 bits per heavy atom. The third-order valence-electron chi connectivity index (χ3n) is 4.38. The summed E-state index contributed by atoms with van der Waals surface area (Å²) >= 11 is 0. The van der Waals surface area contributed by atoms with E-state index in [2.05, 4.69) is 25.8 Å². The monoisotopic (exact) mass is 355 g/mol. The molecule has 0 aliphatic heterocycles. The van der Waals surface area contributed by atoms with Gasteiger partial charge in [0, 0.05) is 5.56 Å². The zero-order chi connectivity index (χ0) is 19.6. The molecule has 1 heterocycles. The lowest BCUT2D eigenvalue weighted by Gasteiger charge is -2.21. The summed E-state index contributed by atoms with van der Waals surface area (Å²) in [5, 5.41) is 0. The van der Waals surface area contributed by atoms with Gasteiger partial charge in [0.2, 0.25) is 0 Å². The van der Waals surface area contributed by atoms with Crippen molar-refractivity contribution >= 4 is 11.9 Å². The number of carbonyl (C=O) groups is 2. The second-order valence-electron chi connectivity index (χ2n) is 7.22. The molecule has 0 fully saturated rings. The number of aromatic nitrogens is 1. The predicted octanol–water partition coefficient (Wildman–Crippen LogP) is 4.24. The lowest BCUT2D eigenvalue weighted by molar-refractivity contribution is 0.0599. The van der Waals surface area contributed by atoms with Crippen molar-refractivity contribution in [3.63, 3.8) is 0 Å². The number of ether oxygens (including phenoxy) is 2. The van der Waals surface area contributed by atoms with E-state index in [1.54, 1.807) is 13.8 Å². The molecule has 0 spiro atoms. The van der Waals surface area contributed by atoms with Gasteiger partial charge in [0.25, 0.3) is 0 Å². The molecule has 5 heteroatoms. The van der Waals surface area contributed by atoms with Crippen LogP contribution in [0.5, 0.6) is 0 Å². The molecule has 2 rings (SSSR count). The minimum atomic E-state index is -0.532. The minimum Gasteiger partial charge on any atom is -0.465 e. The molecule has 0 bridgehead atoms. The van der Waals surface area contributed by atoms with Crippen LogP contribution in [-0.4, -0.2) is 31.1 Å². The number of pyridine rings is 1. The molecule has 0 saturated carbocycles. The van der Waals surface area contributed by atoms with Crippen molar-refractivity contribution in [2.24, 2.45) is 0 Å². The zero-order valence-corrected chi connectivity index (χ0v) is 16.4. The highest BCUT2D eigenvalue weighted by Crippen LogP contribution is 2.34. The van der Waals surface area contributed by atoms with Crippen molar-refractivity contribution < 1.29 is 19.1 Å². The number of hydrogen-bond donors (Lipinski definition) is 0. The van der Waals surface area contributed by atoms with E-state index in [9.17, 15) is 9.59 Å². The lowest BCUT2D eigenvalue weighted by atomic mass is 9.85. The van der Waals surface area contributed by atoms with Crippen LogP contribution in [0.1, 0.15) is 58.4 Å². The molecular weight excluding hydrogens is 330 g/mol. The number of hydrogen-bond acceptors (Lipinski definition) is 5. The number of methoxy groups -OCH3 is 2. The number of esters is 2. The van der Waals surface area contributed by atoms with Crippen LogP contribution >= 0.6 is 0 Å². The summed E-state index contributed by atoms with van der Waals surface area (Å²) in [6.45, 7) is 9.84. The van der Waals surface area contributed by atoms with Crippen LogP contribution in [0.3, 0.4) is 0 Å². The van der Waals surface area contributed by atoms with Gasteiger partial charge >= 0.3 is 11.9 Å². The molecule has 0 radical (unpaired) electrons. The SMILES string of the molecule is COC(=O)c1c(C)nc(C)c(C(=O)OC)c1-c1ccc(C(C)(C)C)cc1. The average molecular weight is 355 g/mol. The molecule has 1 aromatic carbocycles. The highest BCUT2D eigenvalue weighted by molar-refractivity contribution is 6.07. The van der Waals surface area contributed by atoms with Crippen LogP contribution in [0.15, 0.2) is 24.3 Å². The van der Waals surface area contributed by atoms with Crippen LogP contribution in [0, 0.1) is 13.8 Å². The van der Waals surface area contributed by atoms with E-state index >= 15 is 0 Å². The molecule has 5 nitrogen and oxygen atoms in total. The molecule has 26 heavy (non-hydrogen) atoms. The summed E-state index contributed by atoms with van der Waals surface area (Å²) in [7, 11) is 2.62. The molecule has 0 aliphatic rings. The summed E-state index contributed by atoms with van der Waals surface area (Å²) in [5.74, 6) is -1.06. The highest BCUT2D eigenvalue weighted by atomic mass is 16.5. The normalized spacial score (nSPS) is 11.2. The summed E-state index contributed by atoms with van der Waals surface area (Å²) in [6, 6.07) is 7.83. The topological polar surface area (TPSA) is 65.5 Å². The summed E-state index contributed by atoms with van der Waals surface area (Å²) in [5.41, 5.74) is 3.97. The Morgan fingerprint density at radius 2 is 1.27 bits per heavy atom. The molecule has 0 atom stereocenters. The first kappa shape index (κ1) is 19.6. The van der Waals surface area contributed by atoms with Crippen molar-refractivity contribution in [3.05, 3.63) is 52.3 Å². The van der Waals surface area contributed by atoms with E-state index in [0.717, 1.165) is 11.1 Å². The van der Waals surface area contributed by atoms with Crippen molar-refractivity contribution in [3.8, 4) is 11.1 Å². The van der Waals surface area contributed by atoms with Crippen LogP contribution in [0.2, 0.25) is 0 Å². The third kappa shape index (κ3) is 3.62. The Balaban J connectivity index is 2.83. The number of rotatable bonds is 3. The lowest BCUT2D eigenvalue weighted by Crippen LogP contribution is -2.16. The Bertz CT molecular complexity index is 806. The van der Waals surface area contributed by atoms with Crippen molar-refractivity contribution in [2.45, 2.75) is 40.0 Å². The number of nitrogens with zero attached hydrogens (tertiary/aromatic N) is 1. The quantitative estimate of drug-likeness (QED) is 0.771. The smallest absolute Gasteiger partial charge is 0.340 e. The van der Waals surface area contributed by atoms with Gasteiger partial charge in [-0.1, -0.05) is 45.0 Å². The molecule has 138 valence electrons. The average Bonchev–Trinajstić information content (AvgIpc) is 2.59. The van der Waals surface area contributed by atoms with Crippen LogP contribution < -0.4 is 0 Å². The zero-order valence-electron chi connectivity index (χ0n) is 16.4. The molecule has 1 aromatic heterocycles. The van der Waals surface area contributed by atoms with E-state index in [4.69, 9.17) is 9.47 Å². The van der Waals surface area contributed by atoms with Crippen molar-refractivity contribution in [1.82, 2.24) is 4.98 Å². The maximum atomic E-state index is 12.4. The van der Waals surface area contributed by atoms with E-state index in [0.29, 0.717) is 17.0 Å². The van der Waals surface area contributed by atoms with E-state index in [1.807, 2.05) is 24.3 Å². The Kier molecular flexibility index (Phi) is 5.50. The maximum Gasteiger partial charge on any atom is 0.340 e. The Hall–Kier alpha value is -2.69. The molecule has 0 amide bonds. The van der Waals surface area contributed by atoms with Crippen molar-refractivity contribution in [2.75, 3.05) is 14.2 Å². The van der Waals surface area contributed by atoms with E-state index < -0.39 is 11.9 Å². The maximum absolute atomic E-state index is 12.4. The van der Waals surface area contributed by atoms with Crippen LogP contribution in [-0.2, 0) is 14.9 Å². The summed E-state index contributed by atoms with van der Waals surface area (Å²) in [6.07, 6.45) is 0. The fraction of sp³-hybridized carbons (Fsp3) is 0.381. The van der Waals surface area contributed by atoms with Gasteiger partial charge < -0.3 is 9.47 Å². The Morgan fingerprint density at radius 3 is 1.62 bits per heavy atom. The standard InChI is InChI=1S/C21H25NO4/c1-12-16(19(23)25-6)18(17(13(2)22-12)20(24)26-7)14-8-10-15(11-9-14)21(3,4)5/h8-11H,1-7H3. The number of aryl methyl sites for hydroxylation is 2. The van der Waals surface area contributed by atoms with Gasteiger partial charge in [0.15, 0.2) is 0 Å². The van der Waals surface area contributed by atoms with Gasteiger partial charge in [-0.2, -0.15) is 0 Å². The molecule has 0 aliphatic carbocycles. The molecule has 2 aromatic rings. The Labute approximate surface area is 154 Å². The van der Waals surface area contributed by atoms with Gasteiger partial charge in [0.1, 0.15) is 0 Å². The van der Waals surface area contributed by atoms with E-state index in [1.165, 1.54) is 14.2 Å². The van der Waals surface area contributed by atoms with Gasteiger partial charge in [0.05, 0.1) is 36.7 Å². The molecule has 0 N–H and O–H groups in total. The molecule has 0 saturated heterocycles. The fourth-order valence-corrected chi connectivity index (χ4v) is 2.98. The minimum absolute atomic E-state index is 0.00103. The molecule has 0 unspecified atom stereocenters. The van der Waals surface area contributed by atoms with E-state index in [-0.39, 0.29) is 16.5 Å². The third-order valence-corrected chi connectivity index (χ3v) is 4.38. The van der Waals surface area contributed by atoms with Crippen molar-refractivity contribution in [1.29, 1.82) is 0 Å². The second-order valence-corrected chi connectivity index (χ2v) is 7.22. The number of carbonyl (C=O) groups excluding carboxylic acids is 2. The largest absolute Gasteiger partial charge is 0.465 e. The number of benzene rings is 1. The highest BCUT2D eigenvalue weighted by Gasteiger charge is 2.27. The predicted molar refractivity (Wildman–Crippen MR) is 101 cm³/mol. The van der Waals surface area contributed by atoms with Gasteiger partial charge in [-0.15, -0.1) is 0 Å². The van der Waals surface area contributed by atoms with Crippen LogP contribution in [0.4, 0.5) is 0 Å². The summed E-state index contributed by atoms with van der Waals surface area (Å²) < 4.78 is 9.87.